The molecule has 130 valence electrons. The number of hydrogen-bond acceptors (Lipinski definition) is 2. The van der Waals surface area contributed by atoms with Gasteiger partial charge in [0.1, 0.15) is 11.5 Å². The molecule has 0 amide bonds. The number of fused-ring (bicyclic) bond motifs is 1. The van der Waals surface area contributed by atoms with Crippen molar-refractivity contribution < 1.29 is 9.84 Å². The molecule has 3 rings (SSSR count). The lowest BCUT2D eigenvalue weighted by atomic mass is 10.0. The summed E-state index contributed by atoms with van der Waals surface area (Å²) < 4.78 is 7.48. The summed E-state index contributed by atoms with van der Waals surface area (Å²) in [5.41, 5.74) is 4.56. The van der Waals surface area contributed by atoms with Gasteiger partial charge in [0, 0.05) is 41.2 Å². The second kappa shape index (κ2) is 6.66. The average molecular weight is 376 g/mol. The molecule has 25 heavy (non-hydrogen) atoms. The molecular formula is C20H19Cl2NO2. The normalized spacial score (nSPS) is 11.1. The maximum atomic E-state index is 9.71. The molecule has 0 aliphatic rings. The summed E-state index contributed by atoms with van der Waals surface area (Å²) >= 11 is 12.8. The predicted molar refractivity (Wildman–Crippen MR) is 105 cm³/mol. The van der Waals surface area contributed by atoms with Crippen molar-refractivity contribution in [2.24, 2.45) is 7.05 Å². The zero-order chi connectivity index (χ0) is 18.3. The third kappa shape index (κ3) is 3.10. The first kappa shape index (κ1) is 17.7. The lowest BCUT2D eigenvalue weighted by Crippen LogP contribution is -2.00. The van der Waals surface area contributed by atoms with Gasteiger partial charge in [-0.3, -0.25) is 0 Å². The lowest BCUT2D eigenvalue weighted by Gasteiger charge is -2.12. The Morgan fingerprint density at radius 3 is 2.60 bits per heavy atom. The van der Waals surface area contributed by atoms with Crippen molar-refractivity contribution in [3.05, 3.63) is 69.3 Å². The minimum atomic E-state index is -0.0689. The largest absolute Gasteiger partial charge is 0.508 e. The van der Waals surface area contributed by atoms with Gasteiger partial charge in [-0.25, -0.2) is 0 Å². The molecular weight excluding hydrogens is 357 g/mol. The number of rotatable bonds is 4. The molecule has 0 spiro atoms. The quantitative estimate of drug-likeness (QED) is 0.574. The topological polar surface area (TPSA) is 34.4 Å². The maximum absolute atomic E-state index is 9.71. The third-order valence-electron chi connectivity index (χ3n) is 4.53. The van der Waals surface area contributed by atoms with E-state index in [9.17, 15) is 5.11 Å². The van der Waals surface area contributed by atoms with Crippen LogP contribution < -0.4 is 4.74 Å². The third-order valence-corrected chi connectivity index (χ3v) is 5.32. The van der Waals surface area contributed by atoms with Gasteiger partial charge in [-0.05, 0) is 42.3 Å². The Morgan fingerprint density at radius 1 is 1.24 bits per heavy atom. The molecule has 0 saturated heterocycles. The summed E-state index contributed by atoms with van der Waals surface area (Å²) in [6.45, 7) is 5.62. The van der Waals surface area contributed by atoms with E-state index in [1.54, 1.807) is 19.2 Å². The van der Waals surface area contributed by atoms with Crippen LogP contribution in [0.15, 0.2) is 36.9 Å². The highest BCUT2D eigenvalue weighted by Gasteiger charge is 2.16. The summed E-state index contributed by atoms with van der Waals surface area (Å²) in [5, 5.41) is 11.9. The van der Waals surface area contributed by atoms with Crippen LogP contribution in [0.1, 0.15) is 22.4 Å². The van der Waals surface area contributed by atoms with Crippen LogP contribution >= 0.6 is 23.2 Å². The van der Waals surface area contributed by atoms with Gasteiger partial charge in [0.15, 0.2) is 0 Å². The first-order valence-corrected chi connectivity index (χ1v) is 8.57. The second-order valence-corrected chi connectivity index (χ2v) is 6.87. The minimum Gasteiger partial charge on any atom is -0.508 e. The number of halogens is 2. The molecule has 2 aromatic carbocycles. The van der Waals surface area contributed by atoms with E-state index < -0.39 is 0 Å². The monoisotopic (exact) mass is 375 g/mol. The van der Waals surface area contributed by atoms with Gasteiger partial charge in [0.05, 0.1) is 17.6 Å². The SMILES string of the molecule is C=C(O)c1ccc(Cl)c(Cc2cc3c(C)cc(OC)cc3n2C)c1Cl. The van der Waals surface area contributed by atoms with Crippen LogP contribution in [-0.4, -0.2) is 16.8 Å². The predicted octanol–water partition coefficient (Wildman–Crippen LogP) is 5.92. The number of methoxy groups -OCH3 is 1. The van der Waals surface area contributed by atoms with Crippen molar-refractivity contribution in [1.82, 2.24) is 4.57 Å². The Bertz CT molecular complexity index is 989. The van der Waals surface area contributed by atoms with Gasteiger partial charge >= 0.3 is 0 Å². The molecule has 3 aromatic rings. The fourth-order valence-electron chi connectivity index (χ4n) is 3.08. The van der Waals surface area contributed by atoms with E-state index in [0.29, 0.717) is 22.0 Å². The first-order chi connectivity index (χ1) is 11.8. The van der Waals surface area contributed by atoms with Crippen LogP contribution in [0.5, 0.6) is 5.75 Å². The molecule has 0 aliphatic carbocycles. The van der Waals surface area contributed by atoms with E-state index in [-0.39, 0.29) is 5.76 Å². The molecule has 0 bridgehead atoms. The number of nitrogens with zero attached hydrogens (tertiary/aromatic N) is 1. The Morgan fingerprint density at radius 2 is 1.96 bits per heavy atom. The highest BCUT2D eigenvalue weighted by Crippen LogP contribution is 2.34. The molecule has 0 saturated carbocycles. The van der Waals surface area contributed by atoms with Crippen molar-refractivity contribution in [2.45, 2.75) is 13.3 Å². The standard InChI is InChI=1S/C20H19Cl2NO2/c1-11-7-14(25-4)10-19-16(11)8-13(23(19)3)9-17-18(21)6-5-15(12(2)24)20(17)22/h5-8,10,24H,2,9H2,1,3-4H3. The Kier molecular flexibility index (Phi) is 4.72. The summed E-state index contributed by atoms with van der Waals surface area (Å²) in [6.07, 6.45) is 0.547. The van der Waals surface area contributed by atoms with Gasteiger partial charge in [0.2, 0.25) is 0 Å². The molecule has 1 N–H and O–H groups in total. The molecule has 0 unspecified atom stereocenters. The summed E-state index contributed by atoms with van der Waals surface area (Å²) in [6, 6.07) is 9.57. The highest BCUT2D eigenvalue weighted by atomic mass is 35.5. The summed E-state index contributed by atoms with van der Waals surface area (Å²) in [4.78, 5) is 0. The molecule has 5 heteroatoms. The molecule has 0 aliphatic heterocycles. The van der Waals surface area contributed by atoms with Crippen molar-refractivity contribution in [3.8, 4) is 5.75 Å². The van der Waals surface area contributed by atoms with Crippen molar-refractivity contribution in [3.63, 3.8) is 0 Å². The van der Waals surface area contributed by atoms with Crippen LogP contribution in [0.2, 0.25) is 10.0 Å². The fourth-order valence-corrected chi connectivity index (χ4v) is 3.70. The number of aryl methyl sites for hydroxylation is 2. The van der Waals surface area contributed by atoms with Gasteiger partial charge in [-0.2, -0.15) is 0 Å². The van der Waals surface area contributed by atoms with Gasteiger partial charge in [-0.15, -0.1) is 0 Å². The Labute approximate surface area is 157 Å². The molecule has 1 heterocycles. The average Bonchev–Trinajstić information content (AvgIpc) is 2.88. The van der Waals surface area contributed by atoms with Crippen LogP contribution in [0.3, 0.4) is 0 Å². The number of aliphatic hydroxyl groups excluding tert-OH is 1. The van der Waals surface area contributed by atoms with Gasteiger partial charge in [-0.1, -0.05) is 29.8 Å². The number of hydrogen-bond donors (Lipinski definition) is 1. The number of benzene rings is 2. The molecule has 0 fully saturated rings. The molecule has 3 nitrogen and oxygen atoms in total. The number of aromatic nitrogens is 1. The molecule has 1 aromatic heterocycles. The smallest absolute Gasteiger partial charge is 0.121 e. The summed E-state index contributed by atoms with van der Waals surface area (Å²) in [5.74, 6) is 0.757. The summed E-state index contributed by atoms with van der Waals surface area (Å²) in [7, 11) is 3.67. The minimum absolute atomic E-state index is 0.0689. The Hall–Kier alpha value is -2.10. The number of ether oxygens (including phenoxy) is 1. The van der Waals surface area contributed by atoms with Crippen molar-refractivity contribution in [2.75, 3.05) is 7.11 Å². The fraction of sp³-hybridized carbons (Fsp3) is 0.200. The van der Waals surface area contributed by atoms with Gasteiger partial charge < -0.3 is 14.4 Å². The van der Waals surface area contributed by atoms with E-state index in [4.69, 9.17) is 27.9 Å². The zero-order valence-corrected chi connectivity index (χ0v) is 15.9. The maximum Gasteiger partial charge on any atom is 0.121 e. The zero-order valence-electron chi connectivity index (χ0n) is 14.4. The van der Waals surface area contributed by atoms with Crippen LogP contribution in [0, 0.1) is 6.92 Å². The number of aliphatic hydroxyl groups is 1. The van der Waals surface area contributed by atoms with Crippen molar-refractivity contribution >= 4 is 39.9 Å². The van der Waals surface area contributed by atoms with Gasteiger partial charge in [0.25, 0.3) is 0 Å². The van der Waals surface area contributed by atoms with Crippen molar-refractivity contribution in [1.29, 1.82) is 0 Å². The van der Waals surface area contributed by atoms with Crippen LogP contribution in [0.25, 0.3) is 16.7 Å². The highest BCUT2D eigenvalue weighted by molar-refractivity contribution is 6.37. The second-order valence-electron chi connectivity index (χ2n) is 6.08. The van der Waals surface area contributed by atoms with E-state index in [1.165, 1.54) is 0 Å². The van der Waals surface area contributed by atoms with Crippen LogP contribution in [-0.2, 0) is 13.5 Å². The van der Waals surface area contributed by atoms with Crippen LogP contribution in [0.4, 0.5) is 0 Å². The lowest BCUT2D eigenvalue weighted by molar-refractivity contribution is 0.415. The van der Waals surface area contributed by atoms with E-state index in [0.717, 1.165) is 33.5 Å². The molecule has 0 radical (unpaired) electrons. The molecule has 0 atom stereocenters. The van der Waals surface area contributed by atoms with E-state index >= 15 is 0 Å². The van der Waals surface area contributed by atoms with E-state index in [1.807, 2.05) is 19.2 Å². The first-order valence-electron chi connectivity index (χ1n) is 7.81. The Balaban J connectivity index is 2.13. The van der Waals surface area contributed by atoms with E-state index in [2.05, 4.69) is 24.1 Å².